The SMILES string of the molecule is CN(C)c1oc(/C=C/c2ccccc2)nc1S(=O)(=O)c1ccc(Cl)cc1. The Morgan fingerprint density at radius 3 is 2.27 bits per heavy atom. The molecule has 0 aliphatic heterocycles. The number of anilines is 1. The van der Waals surface area contributed by atoms with Crippen molar-refractivity contribution in [1.82, 2.24) is 4.98 Å². The molecular formula is C19H17ClN2O3S. The van der Waals surface area contributed by atoms with Gasteiger partial charge in [-0.1, -0.05) is 41.9 Å². The van der Waals surface area contributed by atoms with E-state index in [9.17, 15) is 8.42 Å². The number of hydrogen-bond donors (Lipinski definition) is 0. The van der Waals surface area contributed by atoms with Gasteiger partial charge in [0.25, 0.3) is 0 Å². The van der Waals surface area contributed by atoms with E-state index in [1.807, 2.05) is 36.4 Å². The van der Waals surface area contributed by atoms with Gasteiger partial charge < -0.3 is 9.32 Å². The van der Waals surface area contributed by atoms with Gasteiger partial charge in [-0.2, -0.15) is 4.98 Å². The van der Waals surface area contributed by atoms with Crippen molar-refractivity contribution >= 4 is 39.5 Å². The van der Waals surface area contributed by atoms with Crippen LogP contribution in [0.3, 0.4) is 0 Å². The molecule has 0 fully saturated rings. The number of rotatable bonds is 5. The Hall–Kier alpha value is -2.57. The zero-order chi connectivity index (χ0) is 18.7. The van der Waals surface area contributed by atoms with E-state index in [2.05, 4.69) is 4.98 Å². The van der Waals surface area contributed by atoms with Crippen LogP contribution in [0.2, 0.25) is 5.02 Å². The maximum atomic E-state index is 12.9. The van der Waals surface area contributed by atoms with Gasteiger partial charge in [0, 0.05) is 25.2 Å². The number of halogens is 1. The van der Waals surface area contributed by atoms with Crippen LogP contribution < -0.4 is 4.90 Å². The highest BCUT2D eigenvalue weighted by Crippen LogP contribution is 2.31. The first kappa shape index (κ1) is 18.2. The van der Waals surface area contributed by atoms with Crippen molar-refractivity contribution in [2.24, 2.45) is 0 Å². The molecule has 1 heterocycles. The summed E-state index contributed by atoms with van der Waals surface area (Å²) in [6, 6.07) is 15.6. The summed E-state index contributed by atoms with van der Waals surface area (Å²) in [7, 11) is -0.432. The molecule has 0 unspecified atom stereocenters. The summed E-state index contributed by atoms with van der Waals surface area (Å²) < 4.78 is 31.5. The van der Waals surface area contributed by atoms with Gasteiger partial charge in [-0.15, -0.1) is 0 Å². The van der Waals surface area contributed by atoms with Crippen LogP contribution in [0.5, 0.6) is 0 Å². The van der Waals surface area contributed by atoms with E-state index in [-0.39, 0.29) is 21.7 Å². The fourth-order valence-corrected chi connectivity index (χ4v) is 3.81. The maximum absolute atomic E-state index is 12.9. The van der Waals surface area contributed by atoms with E-state index < -0.39 is 9.84 Å². The molecule has 26 heavy (non-hydrogen) atoms. The van der Waals surface area contributed by atoms with Gasteiger partial charge in [-0.05, 0) is 35.9 Å². The largest absolute Gasteiger partial charge is 0.420 e. The number of aromatic nitrogens is 1. The van der Waals surface area contributed by atoms with Crippen molar-refractivity contribution in [2.75, 3.05) is 19.0 Å². The first-order valence-corrected chi connectivity index (χ1v) is 9.66. The van der Waals surface area contributed by atoms with Crippen LogP contribution in [0, 0.1) is 0 Å². The van der Waals surface area contributed by atoms with E-state index in [1.165, 1.54) is 24.3 Å². The normalized spacial score (nSPS) is 11.8. The predicted molar refractivity (Wildman–Crippen MR) is 103 cm³/mol. The average molecular weight is 389 g/mol. The first-order valence-electron chi connectivity index (χ1n) is 7.80. The molecule has 0 saturated heterocycles. The lowest BCUT2D eigenvalue weighted by Gasteiger charge is -2.10. The lowest BCUT2D eigenvalue weighted by atomic mass is 10.2. The molecule has 5 nitrogen and oxygen atoms in total. The van der Waals surface area contributed by atoms with Crippen molar-refractivity contribution in [3.8, 4) is 0 Å². The lowest BCUT2D eigenvalue weighted by Crippen LogP contribution is -2.13. The highest BCUT2D eigenvalue weighted by atomic mass is 35.5. The molecule has 0 spiro atoms. The van der Waals surface area contributed by atoms with Gasteiger partial charge in [0.05, 0.1) is 4.90 Å². The minimum atomic E-state index is -3.83. The number of sulfone groups is 1. The third-order valence-electron chi connectivity index (χ3n) is 3.60. The molecular weight excluding hydrogens is 372 g/mol. The number of nitrogens with zero attached hydrogens (tertiary/aromatic N) is 2. The second-order valence-electron chi connectivity index (χ2n) is 5.76. The Labute approximate surface area is 157 Å². The molecule has 0 amide bonds. The van der Waals surface area contributed by atoms with Crippen molar-refractivity contribution in [3.05, 3.63) is 71.1 Å². The molecule has 2 aromatic carbocycles. The fourth-order valence-electron chi connectivity index (χ4n) is 2.30. The smallest absolute Gasteiger partial charge is 0.235 e. The molecule has 3 aromatic rings. The monoisotopic (exact) mass is 388 g/mol. The topological polar surface area (TPSA) is 63.4 Å². The van der Waals surface area contributed by atoms with Gasteiger partial charge in [-0.25, -0.2) is 8.42 Å². The Bertz CT molecular complexity index is 1020. The first-order chi connectivity index (χ1) is 12.4. The average Bonchev–Trinajstić information content (AvgIpc) is 3.07. The lowest BCUT2D eigenvalue weighted by molar-refractivity contribution is 0.542. The number of benzene rings is 2. The molecule has 0 atom stereocenters. The third-order valence-corrected chi connectivity index (χ3v) is 5.52. The zero-order valence-electron chi connectivity index (χ0n) is 14.3. The summed E-state index contributed by atoms with van der Waals surface area (Å²) in [5.41, 5.74) is 0.958. The highest BCUT2D eigenvalue weighted by Gasteiger charge is 2.28. The minimum absolute atomic E-state index is 0.108. The van der Waals surface area contributed by atoms with Crippen molar-refractivity contribution < 1.29 is 12.8 Å². The van der Waals surface area contributed by atoms with Crippen molar-refractivity contribution in [1.29, 1.82) is 0 Å². The quantitative estimate of drug-likeness (QED) is 0.648. The van der Waals surface area contributed by atoms with E-state index >= 15 is 0 Å². The van der Waals surface area contributed by atoms with Gasteiger partial charge in [0.15, 0.2) is 0 Å². The standard InChI is InChI=1S/C19H17ClN2O3S/c1-22(2)19-18(26(23,24)16-11-9-15(20)10-12-16)21-17(25-19)13-8-14-6-4-3-5-7-14/h3-13H,1-2H3/b13-8+. The second kappa shape index (κ2) is 7.35. The van der Waals surface area contributed by atoms with Crippen molar-refractivity contribution in [3.63, 3.8) is 0 Å². The summed E-state index contributed by atoms with van der Waals surface area (Å²) in [6.45, 7) is 0. The Morgan fingerprint density at radius 1 is 1.00 bits per heavy atom. The summed E-state index contributed by atoms with van der Waals surface area (Å²) in [6.07, 6.45) is 3.45. The van der Waals surface area contributed by atoms with Gasteiger partial charge in [-0.3, -0.25) is 0 Å². The van der Waals surface area contributed by atoms with Crippen LogP contribution in [0.15, 0.2) is 68.9 Å². The number of hydrogen-bond acceptors (Lipinski definition) is 5. The van der Waals surface area contributed by atoms with E-state index in [4.69, 9.17) is 16.0 Å². The molecule has 0 aliphatic rings. The predicted octanol–water partition coefficient (Wildman–Crippen LogP) is 4.40. The second-order valence-corrected chi connectivity index (χ2v) is 8.06. The Kier molecular flexibility index (Phi) is 5.15. The van der Waals surface area contributed by atoms with Crippen LogP contribution >= 0.6 is 11.6 Å². The zero-order valence-corrected chi connectivity index (χ0v) is 15.8. The van der Waals surface area contributed by atoms with Gasteiger partial charge in [0.2, 0.25) is 26.6 Å². The molecule has 0 radical (unpaired) electrons. The van der Waals surface area contributed by atoms with E-state index in [0.717, 1.165) is 5.56 Å². The van der Waals surface area contributed by atoms with Crippen LogP contribution in [0.1, 0.15) is 11.5 Å². The highest BCUT2D eigenvalue weighted by molar-refractivity contribution is 7.91. The van der Waals surface area contributed by atoms with Crippen LogP contribution in [-0.4, -0.2) is 27.5 Å². The molecule has 0 bridgehead atoms. The van der Waals surface area contributed by atoms with E-state index in [0.29, 0.717) is 5.02 Å². The number of oxazole rings is 1. The molecule has 3 rings (SSSR count). The summed E-state index contributed by atoms with van der Waals surface area (Å²) >= 11 is 5.85. The summed E-state index contributed by atoms with van der Waals surface area (Å²) in [5, 5.41) is 0.334. The van der Waals surface area contributed by atoms with Crippen LogP contribution in [0.4, 0.5) is 5.88 Å². The van der Waals surface area contributed by atoms with Gasteiger partial charge >= 0.3 is 0 Å². The minimum Gasteiger partial charge on any atom is -0.420 e. The molecule has 0 aliphatic carbocycles. The van der Waals surface area contributed by atoms with Crippen molar-refractivity contribution in [2.45, 2.75) is 9.92 Å². The van der Waals surface area contributed by atoms with E-state index in [1.54, 1.807) is 25.1 Å². The summed E-state index contributed by atoms with van der Waals surface area (Å²) in [5.74, 6) is 0.387. The molecule has 0 N–H and O–H groups in total. The molecule has 0 saturated carbocycles. The van der Waals surface area contributed by atoms with Gasteiger partial charge in [0.1, 0.15) is 0 Å². The summed E-state index contributed by atoms with van der Waals surface area (Å²) in [4.78, 5) is 5.89. The molecule has 1 aromatic heterocycles. The molecule has 7 heteroatoms. The van der Waals surface area contributed by atoms with Crippen LogP contribution in [-0.2, 0) is 9.84 Å². The maximum Gasteiger partial charge on any atom is 0.235 e. The Balaban J connectivity index is 2.02. The fraction of sp³-hybridized carbons (Fsp3) is 0.105. The van der Waals surface area contributed by atoms with Crippen LogP contribution in [0.25, 0.3) is 12.2 Å². The Morgan fingerprint density at radius 2 is 1.65 bits per heavy atom. The third kappa shape index (κ3) is 3.81. The molecule has 134 valence electrons.